The highest BCUT2D eigenvalue weighted by Gasteiger charge is 2.20. The van der Waals surface area contributed by atoms with Gasteiger partial charge in [-0.05, 0) is 19.3 Å². The van der Waals surface area contributed by atoms with E-state index in [2.05, 4.69) is 45.1 Å². The van der Waals surface area contributed by atoms with Gasteiger partial charge in [0.05, 0.1) is 0 Å². The lowest BCUT2D eigenvalue weighted by Crippen LogP contribution is -2.36. The molecule has 1 aromatic rings. The van der Waals surface area contributed by atoms with Gasteiger partial charge in [-0.1, -0.05) is 52.6 Å². The summed E-state index contributed by atoms with van der Waals surface area (Å²) in [5, 5.41) is 6.98. The summed E-state index contributed by atoms with van der Waals surface area (Å²) in [6.45, 7) is 12.0. The molecule has 0 fully saturated rings. The Morgan fingerprint density at radius 1 is 1.18 bits per heavy atom. The second-order valence-corrected chi connectivity index (χ2v) is 6.01. The molecule has 0 unspecified atom stereocenters. The van der Waals surface area contributed by atoms with Crippen LogP contribution in [-0.4, -0.2) is 29.2 Å². The first-order valence-corrected chi connectivity index (χ1v) is 8.59. The molecule has 0 saturated carbocycles. The average molecular weight is 309 g/mol. The van der Waals surface area contributed by atoms with Crippen molar-refractivity contribution in [3.05, 3.63) is 11.3 Å². The fourth-order valence-corrected chi connectivity index (χ4v) is 2.53. The number of amides is 2. The summed E-state index contributed by atoms with van der Waals surface area (Å²) < 4.78 is 5.40. The predicted octanol–water partition coefficient (Wildman–Crippen LogP) is 4.79. The van der Waals surface area contributed by atoms with Gasteiger partial charge in [0.2, 0.25) is 0 Å². The van der Waals surface area contributed by atoms with Gasteiger partial charge in [0.15, 0.2) is 5.82 Å². The van der Waals surface area contributed by atoms with Crippen LogP contribution >= 0.6 is 0 Å². The van der Waals surface area contributed by atoms with E-state index in [-0.39, 0.29) is 11.9 Å². The van der Waals surface area contributed by atoms with Crippen molar-refractivity contribution in [2.45, 2.75) is 72.6 Å². The van der Waals surface area contributed by atoms with Crippen LogP contribution in [-0.2, 0) is 6.42 Å². The molecule has 0 spiro atoms. The number of rotatable bonds is 9. The summed E-state index contributed by atoms with van der Waals surface area (Å²) >= 11 is 0. The summed E-state index contributed by atoms with van der Waals surface area (Å²) in [7, 11) is 0. The van der Waals surface area contributed by atoms with Gasteiger partial charge in [0.25, 0.3) is 0 Å². The van der Waals surface area contributed by atoms with Crippen LogP contribution in [0.4, 0.5) is 10.6 Å². The number of nitrogens with zero attached hydrogens (tertiary/aromatic N) is 2. The fraction of sp³-hybridized carbons (Fsp3) is 0.765. The summed E-state index contributed by atoms with van der Waals surface area (Å²) in [6, 6.07) is -0.0729. The first-order valence-electron chi connectivity index (χ1n) is 8.59. The topological polar surface area (TPSA) is 58.4 Å². The largest absolute Gasteiger partial charge is 0.359 e. The zero-order chi connectivity index (χ0) is 16.5. The zero-order valence-corrected chi connectivity index (χ0v) is 14.7. The summed E-state index contributed by atoms with van der Waals surface area (Å²) in [5.74, 6) is 1.71. The van der Waals surface area contributed by atoms with E-state index in [1.54, 1.807) is 0 Å². The van der Waals surface area contributed by atoms with Gasteiger partial charge in [-0.25, -0.2) is 4.79 Å². The Kier molecular flexibility index (Phi) is 7.99. The van der Waals surface area contributed by atoms with Crippen molar-refractivity contribution >= 4 is 11.8 Å². The van der Waals surface area contributed by atoms with Gasteiger partial charge >= 0.3 is 6.03 Å². The molecule has 0 saturated heterocycles. The smallest absolute Gasteiger partial charge is 0.323 e. The van der Waals surface area contributed by atoms with E-state index in [1.807, 2.05) is 4.90 Å². The first-order chi connectivity index (χ1) is 10.5. The highest BCUT2D eigenvalue weighted by Crippen LogP contribution is 2.26. The van der Waals surface area contributed by atoms with Gasteiger partial charge in [0, 0.05) is 24.6 Å². The Morgan fingerprint density at radius 2 is 1.91 bits per heavy atom. The number of nitrogens with one attached hydrogen (secondary N) is 1. The summed E-state index contributed by atoms with van der Waals surface area (Å²) in [4.78, 5) is 14.4. The van der Waals surface area contributed by atoms with E-state index in [4.69, 9.17) is 4.52 Å². The van der Waals surface area contributed by atoms with Crippen molar-refractivity contribution in [1.29, 1.82) is 0 Å². The van der Waals surface area contributed by atoms with Crippen LogP contribution in [0.25, 0.3) is 0 Å². The lowest BCUT2D eigenvalue weighted by atomic mass is 10.1. The molecule has 0 aliphatic rings. The van der Waals surface area contributed by atoms with Gasteiger partial charge in [-0.15, -0.1) is 0 Å². The Labute approximate surface area is 134 Å². The van der Waals surface area contributed by atoms with Crippen molar-refractivity contribution in [3.8, 4) is 0 Å². The normalized spacial score (nSPS) is 11.0. The van der Waals surface area contributed by atoms with E-state index in [9.17, 15) is 4.79 Å². The molecule has 5 heteroatoms. The van der Waals surface area contributed by atoms with E-state index in [1.165, 1.54) is 0 Å². The quantitative estimate of drug-likeness (QED) is 0.667. The molecule has 0 aromatic carbocycles. The molecule has 0 aliphatic heterocycles. The number of anilines is 1. The van der Waals surface area contributed by atoms with Crippen LogP contribution in [0, 0.1) is 0 Å². The van der Waals surface area contributed by atoms with Gasteiger partial charge in [-0.3, -0.25) is 5.32 Å². The maximum absolute atomic E-state index is 12.5. The number of urea groups is 1. The molecule has 1 aromatic heterocycles. The molecule has 5 nitrogen and oxygen atoms in total. The molecule has 0 bridgehead atoms. The monoisotopic (exact) mass is 309 g/mol. The molecule has 0 radical (unpaired) electrons. The first kappa shape index (κ1) is 18.5. The molecule has 126 valence electrons. The number of hydrogen-bond donors (Lipinski definition) is 1. The van der Waals surface area contributed by atoms with Gasteiger partial charge in [0.1, 0.15) is 5.76 Å². The van der Waals surface area contributed by atoms with Crippen molar-refractivity contribution in [3.63, 3.8) is 0 Å². The molecule has 0 atom stereocenters. The fourth-order valence-electron chi connectivity index (χ4n) is 2.53. The number of carbonyl (C=O) groups is 1. The van der Waals surface area contributed by atoms with Crippen LogP contribution in [0.5, 0.6) is 0 Å². The highest BCUT2D eigenvalue weighted by atomic mass is 16.5. The van der Waals surface area contributed by atoms with Crippen LogP contribution in [0.1, 0.15) is 77.5 Å². The minimum atomic E-state index is -0.0729. The third-order valence-corrected chi connectivity index (χ3v) is 3.73. The maximum Gasteiger partial charge on any atom is 0.323 e. The van der Waals surface area contributed by atoms with Crippen LogP contribution in [0.15, 0.2) is 4.52 Å². The molecule has 22 heavy (non-hydrogen) atoms. The summed E-state index contributed by atoms with van der Waals surface area (Å²) in [5.41, 5.74) is 1.01. The SMILES string of the molecule is CCCCCN(CCC)C(=O)Nc1noc(C(C)C)c1CC. The van der Waals surface area contributed by atoms with Crippen molar-refractivity contribution < 1.29 is 9.32 Å². The number of hydrogen-bond acceptors (Lipinski definition) is 3. The number of carbonyl (C=O) groups excluding carboxylic acids is 1. The molecule has 1 rings (SSSR count). The van der Waals surface area contributed by atoms with E-state index in [0.717, 1.165) is 56.5 Å². The molecule has 1 heterocycles. The van der Waals surface area contributed by atoms with Crippen molar-refractivity contribution in [2.24, 2.45) is 0 Å². The minimum absolute atomic E-state index is 0.0729. The van der Waals surface area contributed by atoms with Crippen molar-refractivity contribution in [1.82, 2.24) is 10.1 Å². The van der Waals surface area contributed by atoms with E-state index >= 15 is 0 Å². The van der Waals surface area contributed by atoms with Crippen molar-refractivity contribution in [2.75, 3.05) is 18.4 Å². The van der Waals surface area contributed by atoms with Crippen LogP contribution < -0.4 is 5.32 Å². The molecule has 0 aliphatic carbocycles. The lowest BCUT2D eigenvalue weighted by Gasteiger charge is -2.22. The number of unbranched alkanes of at least 4 members (excludes halogenated alkanes) is 2. The summed E-state index contributed by atoms with van der Waals surface area (Å²) in [6.07, 6.45) is 5.10. The van der Waals surface area contributed by atoms with Crippen LogP contribution in [0.2, 0.25) is 0 Å². The highest BCUT2D eigenvalue weighted by molar-refractivity contribution is 5.89. The number of aromatic nitrogens is 1. The van der Waals surface area contributed by atoms with Gasteiger partial charge < -0.3 is 9.42 Å². The standard InChI is InChI=1S/C17H31N3O2/c1-6-9-10-12-20(11-7-2)17(21)18-16-14(8-3)15(13(4)5)22-19-16/h13H,6-12H2,1-5H3,(H,18,19,21). The Hall–Kier alpha value is -1.52. The Balaban J connectivity index is 2.76. The molecular formula is C17H31N3O2. The second-order valence-electron chi connectivity index (χ2n) is 6.01. The van der Waals surface area contributed by atoms with E-state index < -0.39 is 0 Å². The van der Waals surface area contributed by atoms with Gasteiger partial charge in [-0.2, -0.15) is 0 Å². The predicted molar refractivity (Wildman–Crippen MR) is 90.4 cm³/mol. The second kappa shape index (κ2) is 9.49. The third-order valence-electron chi connectivity index (χ3n) is 3.73. The lowest BCUT2D eigenvalue weighted by molar-refractivity contribution is 0.210. The molecular weight excluding hydrogens is 278 g/mol. The average Bonchev–Trinajstić information content (AvgIpc) is 2.89. The van der Waals surface area contributed by atoms with E-state index in [0.29, 0.717) is 5.82 Å². The third kappa shape index (κ3) is 5.04. The molecule has 1 N–H and O–H groups in total. The Morgan fingerprint density at radius 3 is 2.45 bits per heavy atom. The zero-order valence-electron chi connectivity index (χ0n) is 14.7. The maximum atomic E-state index is 12.5. The minimum Gasteiger partial charge on any atom is -0.359 e. The van der Waals surface area contributed by atoms with Crippen LogP contribution in [0.3, 0.4) is 0 Å². The Bertz CT molecular complexity index is 455. The molecule has 2 amide bonds.